The Morgan fingerprint density at radius 2 is 1.94 bits per heavy atom. The summed E-state index contributed by atoms with van der Waals surface area (Å²) in [7, 11) is 1.86. The first-order valence-corrected chi connectivity index (χ1v) is 12.0. The van der Waals surface area contributed by atoms with Crippen LogP contribution in [0.2, 0.25) is 0 Å². The number of rotatable bonds is 7. The number of aliphatic carboxylic acids is 1. The summed E-state index contributed by atoms with van der Waals surface area (Å²) in [4.78, 5) is 16.1. The molecule has 0 aromatic carbocycles. The lowest BCUT2D eigenvalue weighted by atomic mass is 9.87. The molecule has 0 bridgehead atoms. The van der Waals surface area contributed by atoms with Crippen LogP contribution in [0.3, 0.4) is 0 Å². The van der Waals surface area contributed by atoms with Crippen molar-refractivity contribution in [2.45, 2.75) is 76.9 Å². The molecule has 11 nitrogen and oxygen atoms in total. The van der Waals surface area contributed by atoms with Gasteiger partial charge < -0.3 is 9.84 Å². The number of ether oxygens (including phenoxy) is 1. The number of carboxylic acid groups (broad SMARTS) is 1. The van der Waals surface area contributed by atoms with Gasteiger partial charge in [-0.15, -0.1) is 10.2 Å². The standard InChI is InChI=1S/C23H30N8O3/c1-14-20(34-17-9-5-8-16(12-17)23(32)33)11-10-18(24-14)21-19(30(2)28-25-21)13-31-22(26-27-29-31)15-6-3-4-7-15/h10-11,15-17H,3-9,12-13H2,1-2H3,(H,32,33)/t16-,17-/m0/s1. The molecule has 2 atom stereocenters. The van der Waals surface area contributed by atoms with Crippen molar-refractivity contribution in [3.8, 4) is 17.1 Å². The Morgan fingerprint density at radius 3 is 2.71 bits per heavy atom. The Labute approximate surface area is 197 Å². The van der Waals surface area contributed by atoms with Crippen LogP contribution in [0.5, 0.6) is 5.75 Å². The third-order valence-corrected chi connectivity index (χ3v) is 7.07. The van der Waals surface area contributed by atoms with Gasteiger partial charge >= 0.3 is 5.97 Å². The van der Waals surface area contributed by atoms with E-state index in [0.29, 0.717) is 42.4 Å². The molecule has 0 unspecified atom stereocenters. The molecule has 2 fully saturated rings. The second-order valence-corrected chi connectivity index (χ2v) is 9.41. The summed E-state index contributed by atoms with van der Waals surface area (Å²) < 4.78 is 9.75. The fourth-order valence-corrected chi connectivity index (χ4v) is 5.16. The molecule has 0 amide bonds. The molecule has 5 rings (SSSR count). The zero-order valence-electron chi connectivity index (χ0n) is 19.6. The summed E-state index contributed by atoms with van der Waals surface area (Å²) in [6, 6.07) is 3.77. The first-order chi connectivity index (χ1) is 16.5. The van der Waals surface area contributed by atoms with Gasteiger partial charge in [-0.25, -0.2) is 14.3 Å². The maximum absolute atomic E-state index is 11.4. The Hall–Kier alpha value is -3.37. The van der Waals surface area contributed by atoms with Gasteiger partial charge in [0.05, 0.1) is 35.6 Å². The van der Waals surface area contributed by atoms with Crippen LogP contribution < -0.4 is 4.74 Å². The van der Waals surface area contributed by atoms with Crippen molar-refractivity contribution in [2.24, 2.45) is 13.0 Å². The van der Waals surface area contributed by atoms with Crippen molar-refractivity contribution in [3.05, 3.63) is 29.3 Å². The molecule has 3 aromatic heterocycles. The van der Waals surface area contributed by atoms with E-state index < -0.39 is 5.97 Å². The number of carbonyl (C=O) groups is 1. The van der Waals surface area contributed by atoms with Crippen molar-refractivity contribution in [2.75, 3.05) is 0 Å². The number of hydrogen-bond acceptors (Lipinski definition) is 8. The molecule has 3 aromatic rings. The largest absolute Gasteiger partial charge is 0.489 e. The summed E-state index contributed by atoms with van der Waals surface area (Å²) in [5, 5.41) is 30.4. The Bertz CT molecular complexity index is 1170. The summed E-state index contributed by atoms with van der Waals surface area (Å²) in [6.07, 6.45) is 7.51. The van der Waals surface area contributed by atoms with Crippen LogP contribution in [0.4, 0.5) is 0 Å². The number of tetrazole rings is 1. The lowest BCUT2D eigenvalue weighted by Crippen LogP contribution is -2.29. The molecule has 11 heteroatoms. The second-order valence-electron chi connectivity index (χ2n) is 9.41. The van der Waals surface area contributed by atoms with Crippen LogP contribution in [0.15, 0.2) is 12.1 Å². The molecule has 0 aliphatic heterocycles. The topological polar surface area (TPSA) is 134 Å². The average molecular weight is 467 g/mol. The average Bonchev–Trinajstić information content (AvgIpc) is 3.58. The summed E-state index contributed by atoms with van der Waals surface area (Å²) in [5.74, 6) is 0.914. The molecule has 34 heavy (non-hydrogen) atoms. The Morgan fingerprint density at radius 1 is 1.12 bits per heavy atom. The molecule has 2 aliphatic carbocycles. The van der Waals surface area contributed by atoms with E-state index in [4.69, 9.17) is 9.72 Å². The number of aromatic nitrogens is 8. The Balaban J connectivity index is 1.35. The molecule has 0 saturated heterocycles. The fourth-order valence-electron chi connectivity index (χ4n) is 5.16. The van der Waals surface area contributed by atoms with Gasteiger partial charge in [0.2, 0.25) is 0 Å². The predicted molar refractivity (Wildman–Crippen MR) is 121 cm³/mol. The van der Waals surface area contributed by atoms with E-state index >= 15 is 0 Å². The highest BCUT2D eigenvalue weighted by atomic mass is 16.5. The number of nitrogens with zero attached hydrogens (tertiary/aromatic N) is 8. The minimum Gasteiger partial charge on any atom is -0.489 e. The van der Waals surface area contributed by atoms with Crippen molar-refractivity contribution in [1.82, 2.24) is 40.2 Å². The smallest absolute Gasteiger partial charge is 0.306 e. The van der Waals surface area contributed by atoms with Crippen LogP contribution in [0.1, 0.15) is 74.5 Å². The van der Waals surface area contributed by atoms with Gasteiger partial charge in [-0.05, 0) is 68.0 Å². The third kappa shape index (κ3) is 4.51. The highest BCUT2D eigenvalue weighted by Gasteiger charge is 2.29. The first-order valence-electron chi connectivity index (χ1n) is 12.0. The van der Waals surface area contributed by atoms with Crippen molar-refractivity contribution < 1.29 is 14.6 Å². The van der Waals surface area contributed by atoms with Gasteiger partial charge in [-0.1, -0.05) is 18.1 Å². The van der Waals surface area contributed by atoms with Crippen molar-refractivity contribution in [1.29, 1.82) is 0 Å². The summed E-state index contributed by atoms with van der Waals surface area (Å²) in [5.41, 5.74) is 3.01. The molecule has 2 saturated carbocycles. The van der Waals surface area contributed by atoms with E-state index in [2.05, 4.69) is 25.8 Å². The minimum absolute atomic E-state index is 0.109. The Kier molecular flexibility index (Phi) is 6.25. The highest BCUT2D eigenvalue weighted by Crippen LogP contribution is 2.33. The SMILES string of the molecule is Cc1nc(-c2nnn(C)c2Cn2nnnc2C2CCCC2)ccc1O[C@H]1CCC[C@H](C(=O)O)C1. The lowest BCUT2D eigenvalue weighted by Gasteiger charge is -2.27. The van der Waals surface area contributed by atoms with E-state index in [0.717, 1.165) is 42.9 Å². The van der Waals surface area contributed by atoms with Crippen molar-refractivity contribution >= 4 is 5.97 Å². The number of pyridine rings is 1. The molecule has 2 aliphatic rings. The molecule has 0 spiro atoms. The summed E-state index contributed by atoms with van der Waals surface area (Å²) >= 11 is 0. The van der Waals surface area contributed by atoms with Crippen molar-refractivity contribution in [3.63, 3.8) is 0 Å². The van der Waals surface area contributed by atoms with Crippen LogP contribution in [0, 0.1) is 12.8 Å². The maximum Gasteiger partial charge on any atom is 0.306 e. The minimum atomic E-state index is -0.743. The van der Waals surface area contributed by atoms with E-state index in [1.165, 1.54) is 12.8 Å². The van der Waals surface area contributed by atoms with Gasteiger partial charge in [0.15, 0.2) is 5.82 Å². The zero-order valence-corrected chi connectivity index (χ0v) is 19.6. The van der Waals surface area contributed by atoms with E-state index in [-0.39, 0.29) is 12.0 Å². The highest BCUT2D eigenvalue weighted by molar-refractivity contribution is 5.70. The van der Waals surface area contributed by atoms with Gasteiger partial charge in [0, 0.05) is 13.0 Å². The maximum atomic E-state index is 11.4. The quantitative estimate of drug-likeness (QED) is 0.558. The van der Waals surface area contributed by atoms with Crippen LogP contribution in [0.25, 0.3) is 11.4 Å². The molecule has 1 N–H and O–H groups in total. The molecular weight excluding hydrogens is 436 g/mol. The zero-order chi connectivity index (χ0) is 23.7. The normalized spacial score (nSPS) is 21.1. The number of carboxylic acids is 1. The van der Waals surface area contributed by atoms with E-state index in [9.17, 15) is 9.90 Å². The number of hydrogen-bond donors (Lipinski definition) is 1. The van der Waals surface area contributed by atoms with Gasteiger partial charge in [0.1, 0.15) is 11.4 Å². The van der Waals surface area contributed by atoms with Crippen LogP contribution in [-0.4, -0.2) is 57.4 Å². The second kappa shape index (κ2) is 9.47. The molecule has 180 valence electrons. The van der Waals surface area contributed by atoms with Crippen LogP contribution >= 0.6 is 0 Å². The monoisotopic (exact) mass is 466 g/mol. The summed E-state index contributed by atoms with van der Waals surface area (Å²) in [6.45, 7) is 2.36. The van der Waals surface area contributed by atoms with E-state index in [1.807, 2.05) is 30.8 Å². The van der Waals surface area contributed by atoms with Crippen LogP contribution in [-0.2, 0) is 18.4 Å². The molecule has 3 heterocycles. The fraction of sp³-hybridized carbons (Fsp3) is 0.609. The molecular formula is C23H30N8O3. The van der Waals surface area contributed by atoms with Gasteiger partial charge in [-0.3, -0.25) is 4.79 Å². The lowest BCUT2D eigenvalue weighted by molar-refractivity contribution is -0.143. The predicted octanol–water partition coefficient (Wildman–Crippen LogP) is 2.90. The van der Waals surface area contributed by atoms with E-state index in [1.54, 1.807) is 4.68 Å². The first kappa shape index (κ1) is 22.4. The molecule has 0 radical (unpaired) electrons. The van der Waals surface area contributed by atoms with Gasteiger partial charge in [0.25, 0.3) is 0 Å². The third-order valence-electron chi connectivity index (χ3n) is 7.07. The van der Waals surface area contributed by atoms with Gasteiger partial charge in [-0.2, -0.15) is 0 Å². The number of aryl methyl sites for hydroxylation is 2.